The Hall–Kier alpha value is 0. The first kappa shape index (κ1) is 22.8. The monoisotopic (exact) mass is 426 g/mol. The van der Waals surface area contributed by atoms with Crippen molar-refractivity contribution < 1.29 is 0 Å². The Labute approximate surface area is 195 Å². The smallest absolute Gasteiger partial charge is 0.0233 e. The zero-order chi connectivity index (χ0) is 22.6. The van der Waals surface area contributed by atoms with Gasteiger partial charge in [-0.25, -0.2) is 0 Å². The fourth-order valence-electron chi connectivity index (χ4n) is 12.3. The molecule has 10 atom stereocenters. The third-order valence-corrected chi connectivity index (χ3v) is 14.3. The molecule has 5 aliphatic rings. The third-order valence-electron chi connectivity index (χ3n) is 14.3. The Kier molecular flexibility index (Phi) is 4.98. The van der Waals surface area contributed by atoms with Crippen molar-refractivity contribution >= 4 is 0 Å². The van der Waals surface area contributed by atoms with Crippen molar-refractivity contribution in [3.8, 4) is 0 Å². The minimum atomic E-state index is 0.542. The number of rotatable bonds is 1. The third kappa shape index (κ3) is 2.66. The molecule has 0 aromatic carbocycles. The van der Waals surface area contributed by atoms with Gasteiger partial charge < -0.3 is 0 Å². The van der Waals surface area contributed by atoms with Crippen LogP contribution in [-0.4, -0.2) is 0 Å². The predicted molar refractivity (Wildman–Crippen MR) is 134 cm³/mol. The molecule has 0 amide bonds. The molecule has 0 aliphatic heterocycles. The maximum absolute atomic E-state index is 2.82. The van der Waals surface area contributed by atoms with Gasteiger partial charge in [-0.15, -0.1) is 0 Å². The van der Waals surface area contributed by atoms with E-state index >= 15 is 0 Å². The van der Waals surface area contributed by atoms with Crippen molar-refractivity contribution in [2.75, 3.05) is 0 Å². The summed E-state index contributed by atoms with van der Waals surface area (Å²) < 4.78 is 0. The Morgan fingerprint density at radius 1 is 0.613 bits per heavy atom. The van der Waals surface area contributed by atoms with Crippen molar-refractivity contribution in [1.29, 1.82) is 0 Å². The second-order valence-corrected chi connectivity index (χ2v) is 15.5. The Morgan fingerprint density at radius 3 is 1.90 bits per heavy atom. The zero-order valence-corrected chi connectivity index (χ0v) is 22.6. The molecule has 0 heteroatoms. The van der Waals surface area contributed by atoms with E-state index in [1.165, 1.54) is 64.2 Å². The van der Waals surface area contributed by atoms with Gasteiger partial charge in [0.05, 0.1) is 0 Å². The maximum atomic E-state index is 2.82. The zero-order valence-electron chi connectivity index (χ0n) is 22.6. The van der Waals surface area contributed by atoms with Crippen molar-refractivity contribution in [1.82, 2.24) is 0 Å². The molecule has 0 saturated heterocycles. The van der Waals surface area contributed by atoms with Crippen LogP contribution in [0.15, 0.2) is 0 Å². The molecule has 0 nitrogen and oxygen atoms in total. The first-order valence-corrected chi connectivity index (χ1v) is 14.3. The summed E-state index contributed by atoms with van der Waals surface area (Å²) in [4.78, 5) is 0. The lowest BCUT2D eigenvalue weighted by Crippen LogP contribution is -2.67. The number of hydrogen-bond donors (Lipinski definition) is 0. The fraction of sp³-hybridized carbons (Fsp3) is 1.00. The van der Waals surface area contributed by atoms with E-state index in [0.717, 1.165) is 41.4 Å². The standard InChI is InChI=1S/C31H54/c1-20(2)22-13-17-28(6)23(22)14-18-29(7)25(28)10-11-26-30(29,8)19-15-24-27(4,5)16-12-21(3)31(24,26)9/h20-26H,10-19H2,1-9H3/t21?,22-,23+,24+,25-,26+,28+,29-,30-,31+/m1/s1. The van der Waals surface area contributed by atoms with E-state index in [-0.39, 0.29) is 0 Å². The topological polar surface area (TPSA) is 0 Å². The van der Waals surface area contributed by atoms with Crippen LogP contribution in [0.25, 0.3) is 0 Å². The summed E-state index contributed by atoms with van der Waals surface area (Å²) in [5, 5.41) is 0. The van der Waals surface area contributed by atoms with E-state index in [1.54, 1.807) is 0 Å². The van der Waals surface area contributed by atoms with Gasteiger partial charge in [-0.05, 0) is 133 Å². The van der Waals surface area contributed by atoms with Crippen LogP contribution in [-0.2, 0) is 0 Å². The van der Waals surface area contributed by atoms with Crippen LogP contribution in [0.1, 0.15) is 127 Å². The van der Waals surface area contributed by atoms with Crippen molar-refractivity contribution in [2.45, 2.75) is 127 Å². The molecule has 0 bridgehead atoms. The van der Waals surface area contributed by atoms with Gasteiger partial charge in [-0.1, -0.05) is 62.3 Å². The summed E-state index contributed by atoms with van der Waals surface area (Å²) in [6, 6.07) is 0. The SMILES string of the molecule is CC(C)[C@H]1CC[C@]2(C)[C@H]3CC[C@@H]4[C@@]5(C)C(C)CCC(C)(C)[C@@H]5CC[C@@]4(C)[C@]3(C)CC[C@@H]12. The summed E-state index contributed by atoms with van der Waals surface area (Å²) >= 11 is 0. The highest BCUT2D eigenvalue weighted by molar-refractivity contribution is 5.19. The minimum Gasteiger partial charge on any atom is -0.0625 e. The molecule has 31 heavy (non-hydrogen) atoms. The van der Waals surface area contributed by atoms with Crippen LogP contribution in [0.2, 0.25) is 0 Å². The Morgan fingerprint density at radius 2 is 1.23 bits per heavy atom. The molecule has 5 aliphatic carbocycles. The van der Waals surface area contributed by atoms with E-state index in [1.807, 2.05) is 0 Å². The summed E-state index contributed by atoms with van der Waals surface area (Å²) in [5.74, 6) is 6.62. The second kappa shape index (κ2) is 6.78. The predicted octanol–water partition coefficient (Wildman–Crippen LogP) is 9.38. The second-order valence-electron chi connectivity index (χ2n) is 15.5. The lowest BCUT2D eigenvalue weighted by atomic mass is 9.31. The molecule has 0 N–H and O–H groups in total. The molecule has 0 spiro atoms. The van der Waals surface area contributed by atoms with Crippen LogP contribution in [0.4, 0.5) is 0 Å². The molecule has 178 valence electrons. The lowest BCUT2D eigenvalue weighted by Gasteiger charge is -2.74. The maximum Gasteiger partial charge on any atom is -0.0233 e. The highest BCUT2D eigenvalue weighted by Crippen LogP contribution is 2.78. The van der Waals surface area contributed by atoms with Crippen molar-refractivity contribution in [3.05, 3.63) is 0 Å². The van der Waals surface area contributed by atoms with Crippen LogP contribution >= 0.6 is 0 Å². The molecule has 0 heterocycles. The fourth-order valence-corrected chi connectivity index (χ4v) is 12.3. The van der Waals surface area contributed by atoms with E-state index in [4.69, 9.17) is 0 Å². The van der Waals surface area contributed by atoms with Gasteiger partial charge in [0.25, 0.3) is 0 Å². The summed E-state index contributed by atoms with van der Waals surface area (Å²) in [6.07, 6.45) is 15.1. The summed E-state index contributed by atoms with van der Waals surface area (Å²) in [7, 11) is 0. The Bertz CT molecular complexity index is 718. The van der Waals surface area contributed by atoms with Gasteiger partial charge in [-0.2, -0.15) is 0 Å². The molecule has 0 aromatic heterocycles. The molecular formula is C31H54. The molecule has 0 radical (unpaired) electrons. The first-order valence-electron chi connectivity index (χ1n) is 14.3. The molecule has 1 unspecified atom stereocenters. The van der Waals surface area contributed by atoms with Gasteiger partial charge in [0.15, 0.2) is 0 Å². The van der Waals surface area contributed by atoms with Crippen LogP contribution in [0.3, 0.4) is 0 Å². The molecule has 0 aromatic rings. The van der Waals surface area contributed by atoms with Crippen LogP contribution < -0.4 is 0 Å². The Balaban J connectivity index is 1.54. The number of hydrogen-bond acceptors (Lipinski definition) is 0. The first-order chi connectivity index (χ1) is 14.3. The van der Waals surface area contributed by atoms with Gasteiger partial charge in [0.1, 0.15) is 0 Å². The quantitative estimate of drug-likeness (QED) is 0.391. The van der Waals surface area contributed by atoms with Gasteiger partial charge in [0.2, 0.25) is 0 Å². The highest BCUT2D eigenvalue weighted by Gasteiger charge is 2.71. The summed E-state index contributed by atoms with van der Waals surface area (Å²) in [6.45, 7) is 24.1. The van der Waals surface area contributed by atoms with Crippen molar-refractivity contribution in [3.63, 3.8) is 0 Å². The largest absolute Gasteiger partial charge is 0.0625 e. The van der Waals surface area contributed by atoms with E-state index in [2.05, 4.69) is 62.3 Å². The normalized spacial score (nSPS) is 58.3. The van der Waals surface area contributed by atoms with E-state index in [0.29, 0.717) is 27.1 Å². The number of fused-ring (bicyclic) bond motifs is 7. The molecule has 5 saturated carbocycles. The highest BCUT2D eigenvalue weighted by atomic mass is 14.8. The molecular weight excluding hydrogens is 372 g/mol. The molecule has 5 fully saturated rings. The van der Waals surface area contributed by atoms with Crippen LogP contribution in [0, 0.1) is 68.5 Å². The van der Waals surface area contributed by atoms with Crippen molar-refractivity contribution in [2.24, 2.45) is 68.5 Å². The van der Waals surface area contributed by atoms with Crippen LogP contribution in [0.5, 0.6) is 0 Å². The lowest BCUT2D eigenvalue weighted by molar-refractivity contribution is -0.252. The van der Waals surface area contributed by atoms with E-state index in [9.17, 15) is 0 Å². The van der Waals surface area contributed by atoms with Gasteiger partial charge in [0, 0.05) is 0 Å². The average Bonchev–Trinajstić information content (AvgIpc) is 3.03. The average molecular weight is 427 g/mol. The van der Waals surface area contributed by atoms with E-state index < -0.39 is 0 Å². The van der Waals surface area contributed by atoms with Gasteiger partial charge in [-0.3, -0.25) is 0 Å². The summed E-state index contributed by atoms with van der Waals surface area (Å²) in [5.41, 5.74) is 2.82. The minimum absolute atomic E-state index is 0.542. The van der Waals surface area contributed by atoms with Gasteiger partial charge >= 0.3 is 0 Å². The molecule has 5 rings (SSSR count).